The van der Waals surface area contributed by atoms with Gasteiger partial charge in [0.05, 0.1) is 0 Å². The molecule has 28 heavy (non-hydrogen) atoms. The molecule has 0 heterocycles. The Labute approximate surface area is 171 Å². The Morgan fingerprint density at radius 2 is 1.07 bits per heavy atom. The maximum atomic E-state index is 6.50. The van der Waals surface area contributed by atoms with E-state index in [2.05, 4.69) is 97.1 Å². The lowest BCUT2D eigenvalue weighted by molar-refractivity contribution is 0.520. The Morgan fingerprint density at radius 3 is 1.71 bits per heavy atom. The van der Waals surface area contributed by atoms with Crippen molar-refractivity contribution in [3.63, 3.8) is 0 Å². The van der Waals surface area contributed by atoms with Crippen LogP contribution in [0, 0.1) is 0 Å². The van der Waals surface area contributed by atoms with Crippen LogP contribution in [0.1, 0.15) is 22.3 Å². The van der Waals surface area contributed by atoms with E-state index >= 15 is 0 Å². The molecule has 0 saturated carbocycles. The molecule has 4 aromatic rings. The smallest absolute Gasteiger partial charge is 0.0409 e. The molecule has 1 aliphatic rings. The third-order valence-electron chi connectivity index (χ3n) is 5.93. The summed E-state index contributed by atoms with van der Waals surface area (Å²) < 4.78 is 0. The van der Waals surface area contributed by atoms with Crippen molar-refractivity contribution in [2.45, 2.75) is 18.3 Å². The van der Waals surface area contributed by atoms with Gasteiger partial charge in [-0.05, 0) is 58.4 Å². The molecule has 0 fully saturated rings. The van der Waals surface area contributed by atoms with Crippen molar-refractivity contribution in [2.24, 2.45) is 0 Å². The first kappa shape index (κ1) is 17.3. The molecule has 0 spiro atoms. The van der Waals surface area contributed by atoms with Gasteiger partial charge < -0.3 is 0 Å². The first-order valence-corrected chi connectivity index (χ1v) is 10.1. The van der Waals surface area contributed by atoms with Crippen molar-refractivity contribution in [3.8, 4) is 11.1 Å². The lowest BCUT2D eigenvalue weighted by atomic mass is 9.69. The minimum absolute atomic E-state index is 0.125. The van der Waals surface area contributed by atoms with Crippen LogP contribution < -0.4 is 0 Å². The Kier molecular flexibility index (Phi) is 4.30. The highest BCUT2D eigenvalue weighted by Gasteiger charge is 2.43. The normalized spacial score (nSPS) is 13.8. The molecule has 0 saturated heterocycles. The van der Waals surface area contributed by atoms with Gasteiger partial charge in [0, 0.05) is 10.4 Å². The van der Waals surface area contributed by atoms with Crippen LogP contribution in [0.25, 0.3) is 11.1 Å². The molecule has 0 radical (unpaired) electrons. The summed E-state index contributed by atoms with van der Waals surface area (Å²) in [5.41, 5.74) is 7.96. The highest BCUT2D eigenvalue weighted by atomic mass is 35.5. The predicted octanol–water partition coefficient (Wildman–Crippen LogP) is 7.09. The number of hydrogen-bond donors (Lipinski definition) is 0. The molecule has 0 aliphatic heterocycles. The van der Waals surface area contributed by atoms with E-state index in [-0.39, 0.29) is 5.41 Å². The molecule has 0 bridgehead atoms. The van der Waals surface area contributed by atoms with Gasteiger partial charge in [-0.25, -0.2) is 0 Å². The van der Waals surface area contributed by atoms with Crippen LogP contribution in [0.3, 0.4) is 0 Å². The fourth-order valence-electron chi connectivity index (χ4n) is 4.76. The first-order valence-electron chi connectivity index (χ1n) is 9.74. The molecule has 0 atom stereocenters. The Hall–Kier alpha value is -2.83. The van der Waals surface area contributed by atoms with Gasteiger partial charge >= 0.3 is 0 Å². The largest absolute Gasteiger partial charge is 0.0843 e. The van der Waals surface area contributed by atoms with Gasteiger partial charge in [0.1, 0.15) is 0 Å². The zero-order chi connectivity index (χ0) is 19.0. The van der Waals surface area contributed by atoms with E-state index in [0.717, 1.165) is 17.9 Å². The average molecular weight is 381 g/mol. The second kappa shape index (κ2) is 6.96. The van der Waals surface area contributed by atoms with Crippen LogP contribution in [0.5, 0.6) is 0 Å². The minimum Gasteiger partial charge on any atom is -0.0843 e. The molecule has 5 rings (SSSR count). The molecule has 1 aliphatic carbocycles. The molecule has 0 aromatic heterocycles. The fraction of sp³-hybridized carbons (Fsp3) is 0.111. The van der Waals surface area contributed by atoms with Crippen molar-refractivity contribution < 1.29 is 0 Å². The van der Waals surface area contributed by atoms with Crippen LogP contribution in [0.15, 0.2) is 103 Å². The lowest BCUT2D eigenvalue weighted by Crippen LogP contribution is -2.31. The Balaban J connectivity index is 1.77. The first-order chi connectivity index (χ1) is 13.8. The van der Waals surface area contributed by atoms with Crippen molar-refractivity contribution in [2.75, 3.05) is 0 Å². The van der Waals surface area contributed by atoms with Gasteiger partial charge in [-0.1, -0.05) is 103 Å². The number of benzene rings is 4. The van der Waals surface area contributed by atoms with Gasteiger partial charge in [-0.2, -0.15) is 0 Å². The monoisotopic (exact) mass is 380 g/mol. The number of hydrogen-bond acceptors (Lipinski definition) is 0. The highest BCUT2D eigenvalue weighted by Crippen LogP contribution is 2.52. The van der Waals surface area contributed by atoms with Crippen molar-refractivity contribution in [1.82, 2.24) is 0 Å². The molecular formula is C27H21Cl. The van der Waals surface area contributed by atoms with E-state index in [1.807, 2.05) is 6.07 Å². The van der Waals surface area contributed by atoms with Crippen molar-refractivity contribution in [3.05, 3.63) is 130 Å². The predicted molar refractivity (Wildman–Crippen MR) is 118 cm³/mol. The standard InChI is InChI=1S/C27H21Cl/c28-22-15-16-24-23-13-7-8-14-25(23)27(26(24)17-22,18-20-9-3-1-4-10-20)19-21-11-5-2-6-12-21/h1-17H,18-19H2. The van der Waals surface area contributed by atoms with Gasteiger partial charge in [-0.3, -0.25) is 0 Å². The topological polar surface area (TPSA) is 0 Å². The maximum Gasteiger partial charge on any atom is 0.0409 e. The van der Waals surface area contributed by atoms with Crippen molar-refractivity contribution in [1.29, 1.82) is 0 Å². The van der Waals surface area contributed by atoms with Gasteiger partial charge in [0.2, 0.25) is 0 Å². The number of rotatable bonds is 4. The third-order valence-corrected chi connectivity index (χ3v) is 6.16. The molecule has 4 aromatic carbocycles. The summed E-state index contributed by atoms with van der Waals surface area (Å²) in [6, 6.07) is 36.9. The summed E-state index contributed by atoms with van der Waals surface area (Å²) in [5.74, 6) is 0. The van der Waals surface area contributed by atoms with Crippen molar-refractivity contribution >= 4 is 11.6 Å². The molecule has 136 valence electrons. The zero-order valence-electron chi connectivity index (χ0n) is 15.6. The second-order valence-electron chi connectivity index (χ2n) is 7.64. The molecule has 1 heteroatoms. The number of halogens is 1. The summed E-state index contributed by atoms with van der Waals surface area (Å²) in [6.45, 7) is 0. The van der Waals surface area contributed by atoms with Crippen LogP contribution in [-0.4, -0.2) is 0 Å². The molecule has 0 N–H and O–H groups in total. The summed E-state index contributed by atoms with van der Waals surface area (Å²) in [6.07, 6.45) is 1.90. The van der Waals surface area contributed by atoms with E-state index in [0.29, 0.717) is 0 Å². The summed E-state index contributed by atoms with van der Waals surface area (Å²) in [4.78, 5) is 0. The van der Waals surface area contributed by atoms with E-state index in [1.54, 1.807) is 0 Å². The van der Waals surface area contributed by atoms with E-state index < -0.39 is 0 Å². The summed E-state index contributed by atoms with van der Waals surface area (Å²) >= 11 is 6.50. The molecular weight excluding hydrogens is 360 g/mol. The van der Waals surface area contributed by atoms with Gasteiger partial charge in [-0.15, -0.1) is 0 Å². The Bertz CT molecular complexity index is 1070. The SMILES string of the molecule is Clc1ccc2c(c1)C(Cc1ccccc1)(Cc1ccccc1)c1ccccc1-2. The van der Waals surface area contributed by atoms with Gasteiger partial charge in [0.15, 0.2) is 0 Å². The summed E-state index contributed by atoms with van der Waals surface area (Å²) in [5, 5.41) is 0.803. The minimum atomic E-state index is -0.125. The van der Waals surface area contributed by atoms with Crippen LogP contribution >= 0.6 is 11.6 Å². The second-order valence-corrected chi connectivity index (χ2v) is 8.08. The van der Waals surface area contributed by atoms with E-state index in [1.165, 1.54) is 33.4 Å². The fourth-order valence-corrected chi connectivity index (χ4v) is 4.93. The van der Waals surface area contributed by atoms with Crippen LogP contribution in [-0.2, 0) is 18.3 Å². The van der Waals surface area contributed by atoms with Crippen LogP contribution in [0.2, 0.25) is 5.02 Å². The average Bonchev–Trinajstić information content (AvgIpc) is 2.99. The molecule has 0 unspecified atom stereocenters. The number of fused-ring (bicyclic) bond motifs is 3. The molecule has 0 amide bonds. The van der Waals surface area contributed by atoms with Gasteiger partial charge in [0.25, 0.3) is 0 Å². The lowest BCUT2D eigenvalue weighted by Gasteiger charge is -2.33. The highest BCUT2D eigenvalue weighted by molar-refractivity contribution is 6.30. The van der Waals surface area contributed by atoms with Crippen LogP contribution in [0.4, 0.5) is 0 Å². The van der Waals surface area contributed by atoms with E-state index in [9.17, 15) is 0 Å². The Morgan fingerprint density at radius 1 is 0.536 bits per heavy atom. The van der Waals surface area contributed by atoms with E-state index in [4.69, 9.17) is 11.6 Å². The molecule has 0 nitrogen and oxygen atoms in total. The zero-order valence-corrected chi connectivity index (χ0v) is 16.4. The quantitative estimate of drug-likeness (QED) is 0.354. The third kappa shape index (κ3) is 2.85. The maximum absolute atomic E-state index is 6.50. The summed E-state index contributed by atoms with van der Waals surface area (Å²) in [7, 11) is 0.